The highest BCUT2D eigenvalue weighted by Crippen LogP contribution is 2.47. The number of Topliss-reactive ketones (excluding diaryl/α,β-unsaturated/α-hetero) is 1. The molecule has 2 heterocycles. The van der Waals surface area contributed by atoms with Gasteiger partial charge in [-0.3, -0.25) is 9.59 Å². The fourth-order valence-electron chi connectivity index (χ4n) is 4.47. The second-order valence-corrected chi connectivity index (χ2v) is 9.77. The van der Waals surface area contributed by atoms with Crippen molar-refractivity contribution in [1.82, 2.24) is 9.97 Å². The van der Waals surface area contributed by atoms with Crippen LogP contribution in [0.15, 0.2) is 46.0 Å². The molecule has 2 atom stereocenters. The molecule has 6 heteroatoms. The molecule has 0 saturated heterocycles. The average Bonchev–Trinajstić information content (AvgIpc) is 2.65. The summed E-state index contributed by atoms with van der Waals surface area (Å²) < 4.78 is 0. The van der Waals surface area contributed by atoms with E-state index in [1.54, 1.807) is 0 Å². The first kappa shape index (κ1) is 20.0. The van der Waals surface area contributed by atoms with Gasteiger partial charge in [0.25, 0.3) is 5.56 Å². The maximum atomic E-state index is 13.2. The van der Waals surface area contributed by atoms with Crippen molar-refractivity contribution in [3.8, 4) is 0 Å². The molecule has 0 spiro atoms. The molecule has 152 valence electrons. The van der Waals surface area contributed by atoms with Crippen LogP contribution in [0.5, 0.6) is 0 Å². The average molecular weight is 410 g/mol. The molecule has 2 aromatic rings. The van der Waals surface area contributed by atoms with Gasteiger partial charge in [-0.25, -0.2) is 4.98 Å². The highest BCUT2D eigenvalue weighted by Gasteiger charge is 2.45. The molecule has 2 unspecified atom stereocenters. The van der Waals surface area contributed by atoms with E-state index in [0.29, 0.717) is 28.9 Å². The number of ketones is 1. The molecular weight excluding hydrogens is 382 g/mol. The molecule has 2 N–H and O–H groups in total. The molecule has 1 aromatic carbocycles. The van der Waals surface area contributed by atoms with E-state index >= 15 is 0 Å². The lowest BCUT2D eigenvalue weighted by Gasteiger charge is -2.40. The lowest BCUT2D eigenvalue weighted by Crippen LogP contribution is -2.41. The van der Waals surface area contributed by atoms with Gasteiger partial charge in [-0.1, -0.05) is 69.8 Å². The van der Waals surface area contributed by atoms with Crippen LogP contribution in [0.1, 0.15) is 62.6 Å². The van der Waals surface area contributed by atoms with Crippen molar-refractivity contribution in [3.05, 3.63) is 63.1 Å². The topological polar surface area (TPSA) is 74.8 Å². The van der Waals surface area contributed by atoms with E-state index in [2.05, 4.69) is 73.3 Å². The van der Waals surface area contributed by atoms with Crippen LogP contribution in [0.25, 0.3) is 0 Å². The van der Waals surface area contributed by atoms with E-state index < -0.39 is 0 Å². The number of H-pyrrole nitrogens is 1. The summed E-state index contributed by atoms with van der Waals surface area (Å²) >= 11 is 1.39. The third-order valence-electron chi connectivity index (χ3n) is 5.85. The second kappa shape index (κ2) is 7.17. The Morgan fingerprint density at radius 2 is 1.83 bits per heavy atom. The van der Waals surface area contributed by atoms with Crippen molar-refractivity contribution in [1.29, 1.82) is 0 Å². The monoisotopic (exact) mass is 409 g/mol. The maximum Gasteiger partial charge on any atom is 0.257 e. The molecule has 4 rings (SSSR count). The zero-order chi connectivity index (χ0) is 20.9. The zero-order valence-electron chi connectivity index (χ0n) is 17.5. The minimum Gasteiger partial charge on any atom is -0.343 e. The molecule has 0 amide bonds. The van der Waals surface area contributed by atoms with Gasteiger partial charge in [0.05, 0.1) is 11.5 Å². The predicted octanol–water partition coefficient (Wildman–Crippen LogP) is 4.67. The predicted molar refractivity (Wildman–Crippen MR) is 118 cm³/mol. The van der Waals surface area contributed by atoms with E-state index in [-0.39, 0.29) is 28.6 Å². The van der Waals surface area contributed by atoms with E-state index in [0.717, 1.165) is 11.3 Å². The Morgan fingerprint density at radius 1 is 1.14 bits per heavy atom. The molecule has 2 aliphatic rings. The smallest absolute Gasteiger partial charge is 0.257 e. The normalized spacial score (nSPS) is 22.6. The van der Waals surface area contributed by atoms with Gasteiger partial charge in [0.15, 0.2) is 5.16 Å². The minimum atomic E-state index is -0.386. The highest BCUT2D eigenvalue weighted by molar-refractivity contribution is 7.98. The number of hydrogen-bond donors (Lipinski definition) is 2. The molecule has 1 aliphatic heterocycles. The Kier molecular flexibility index (Phi) is 4.93. The molecule has 29 heavy (non-hydrogen) atoms. The molecule has 0 saturated carbocycles. The van der Waals surface area contributed by atoms with Gasteiger partial charge in [0.1, 0.15) is 11.6 Å². The number of carbonyl (C=O) groups is 1. The fraction of sp³-hybridized carbons (Fsp3) is 0.435. The summed E-state index contributed by atoms with van der Waals surface area (Å²) in [6.07, 6.45) is 4.48. The zero-order valence-corrected chi connectivity index (χ0v) is 18.3. The van der Waals surface area contributed by atoms with Gasteiger partial charge < -0.3 is 10.3 Å². The Morgan fingerprint density at radius 3 is 2.45 bits per heavy atom. The lowest BCUT2D eigenvalue weighted by molar-refractivity contribution is -0.124. The van der Waals surface area contributed by atoms with Crippen molar-refractivity contribution in [3.63, 3.8) is 0 Å². The maximum absolute atomic E-state index is 13.2. The summed E-state index contributed by atoms with van der Waals surface area (Å²) in [6.45, 7) is 8.44. The summed E-state index contributed by atoms with van der Waals surface area (Å²) in [4.78, 5) is 33.7. The van der Waals surface area contributed by atoms with Crippen molar-refractivity contribution < 1.29 is 4.79 Å². The van der Waals surface area contributed by atoms with Gasteiger partial charge in [-0.2, -0.15) is 0 Å². The molecule has 5 nitrogen and oxygen atoms in total. The van der Waals surface area contributed by atoms with Crippen LogP contribution < -0.4 is 10.9 Å². The molecule has 0 fully saturated rings. The highest BCUT2D eigenvalue weighted by atomic mass is 32.2. The Bertz CT molecular complexity index is 1050. The van der Waals surface area contributed by atoms with Crippen LogP contribution in [0.3, 0.4) is 0 Å². The van der Waals surface area contributed by atoms with Gasteiger partial charge in [0, 0.05) is 18.0 Å². The largest absolute Gasteiger partial charge is 0.343 e. The van der Waals surface area contributed by atoms with Crippen LogP contribution in [0, 0.1) is 11.3 Å². The number of rotatable bonds is 3. The van der Waals surface area contributed by atoms with Crippen molar-refractivity contribution >= 4 is 23.4 Å². The third-order valence-corrected chi connectivity index (χ3v) is 6.43. The first-order valence-corrected chi connectivity index (χ1v) is 11.2. The number of anilines is 1. The van der Waals surface area contributed by atoms with Gasteiger partial charge in [-0.05, 0) is 28.7 Å². The fourth-order valence-corrected chi connectivity index (χ4v) is 4.84. The van der Waals surface area contributed by atoms with Crippen LogP contribution in [0.4, 0.5) is 5.82 Å². The van der Waals surface area contributed by atoms with Crippen LogP contribution >= 0.6 is 11.8 Å². The summed E-state index contributed by atoms with van der Waals surface area (Å²) in [5, 5.41) is 3.89. The third kappa shape index (κ3) is 3.54. The number of aromatic amines is 1. The van der Waals surface area contributed by atoms with Crippen LogP contribution in [0.2, 0.25) is 0 Å². The lowest BCUT2D eigenvalue weighted by atomic mass is 9.67. The number of nitrogens with zero attached hydrogens (tertiary/aromatic N) is 1. The molecule has 1 aromatic heterocycles. The molecule has 1 aliphatic carbocycles. The van der Waals surface area contributed by atoms with Gasteiger partial charge >= 0.3 is 0 Å². The molecule has 0 radical (unpaired) electrons. The van der Waals surface area contributed by atoms with E-state index in [9.17, 15) is 9.59 Å². The number of fused-ring (bicyclic) bond motifs is 2. The SMILES string of the molecule is CSc1nc2c(c(=O)[nH]1)C(c1ccc(C(C)C)cc1)C1C(=O)CC(C)(C)C=C1N2. The number of nitrogens with one attached hydrogen (secondary N) is 2. The Labute approximate surface area is 175 Å². The minimum absolute atomic E-state index is 0.164. The quantitative estimate of drug-likeness (QED) is 0.569. The van der Waals surface area contributed by atoms with Crippen molar-refractivity contribution in [2.24, 2.45) is 11.3 Å². The van der Waals surface area contributed by atoms with E-state index in [1.165, 1.54) is 17.3 Å². The number of hydrogen-bond acceptors (Lipinski definition) is 5. The first-order valence-electron chi connectivity index (χ1n) is 10.0. The molecular formula is C23H27N3O2S. The Balaban J connectivity index is 1.94. The van der Waals surface area contributed by atoms with Gasteiger partial charge in [-0.15, -0.1) is 0 Å². The number of benzene rings is 1. The number of thioether (sulfide) groups is 1. The van der Waals surface area contributed by atoms with Crippen LogP contribution in [-0.4, -0.2) is 22.0 Å². The number of aromatic nitrogens is 2. The van der Waals surface area contributed by atoms with Crippen molar-refractivity contribution in [2.45, 2.75) is 51.1 Å². The van der Waals surface area contributed by atoms with E-state index in [4.69, 9.17) is 0 Å². The summed E-state index contributed by atoms with van der Waals surface area (Å²) in [6, 6.07) is 8.31. The van der Waals surface area contributed by atoms with E-state index in [1.807, 2.05) is 6.26 Å². The second-order valence-electron chi connectivity index (χ2n) is 8.97. The molecule has 0 bridgehead atoms. The first-order chi connectivity index (χ1) is 13.7. The number of allylic oxidation sites excluding steroid dienone is 2. The van der Waals surface area contributed by atoms with Gasteiger partial charge in [0.2, 0.25) is 0 Å². The summed E-state index contributed by atoms with van der Waals surface area (Å²) in [5.74, 6) is 0.421. The number of carbonyl (C=O) groups excluding carboxylic acids is 1. The standard InChI is InChI=1S/C23H27N3O2S/c1-12(2)13-6-8-14(9-7-13)17-18-15(10-23(3,4)11-16(18)27)24-20-19(17)21(28)26-22(25-20)29-5/h6-10,12,17-18H,11H2,1-5H3,(H2,24,25,26,28). The summed E-state index contributed by atoms with van der Waals surface area (Å²) in [5.41, 5.74) is 3.23. The Hall–Kier alpha value is -2.34. The van der Waals surface area contributed by atoms with Crippen LogP contribution in [-0.2, 0) is 4.79 Å². The summed E-state index contributed by atoms with van der Waals surface area (Å²) in [7, 11) is 0. The van der Waals surface area contributed by atoms with Crippen molar-refractivity contribution in [2.75, 3.05) is 11.6 Å².